The fraction of sp³-hybridized carbons (Fsp3) is 0.529. The molecule has 0 spiro atoms. The molecule has 25 heavy (non-hydrogen) atoms. The Bertz CT molecular complexity index is 871. The molecule has 3 aromatic rings. The molecule has 3 aromatic heterocycles. The Labute approximate surface area is 146 Å². The lowest BCUT2D eigenvalue weighted by Gasteiger charge is -2.19. The second-order valence-corrected chi connectivity index (χ2v) is 6.73. The first-order chi connectivity index (χ1) is 12.2. The minimum Gasteiger partial charge on any atom is -0.396 e. The quantitative estimate of drug-likeness (QED) is 0.746. The Balaban J connectivity index is 1.70. The number of hydrogen-bond donors (Lipinski definition) is 1. The van der Waals surface area contributed by atoms with Crippen molar-refractivity contribution in [2.75, 3.05) is 24.6 Å². The van der Waals surface area contributed by atoms with E-state index < -0.39 is 0 Å². The molecule has 8 nitrogen and oxygen atoms in total. The number of aryl methyl sites for hydroxylation is 2. The van der Waals surface area contributed by atoms with E-state index in [0.29, 0.717) is 5.78 Å². The highest BCUT2D eigenvalue weighted by Gasteiger charge is 2.35. The van der Waals surface area contributed by atoms with E-state index in [1.165, 1.54) is 5.56 Å². The Morgan fingerprint density at radius 2 is 2.16 bits per heavy atom. The van der Waals surface area contributed by atoms with E-state index in [-0.39, 0.29) is 18.4 Å². The molecule has 4 heterocycles. The molecule has 1 fully saturated rings. The van der Waals surface area contributed by atoms with Crippen LogP contribution >= 0.6 is 0 Å². The summed E-state index contributed by atoms with van der Waals surface area (Å²) in [5.74, 6) is 2.05. The van der Waals surface area contributed by atoms with Crippen LogP contribution in [0.5, 0.6) is 0 Å². The standard InChI is InChI=1S/C17H23N7O/c1-3-4-14-5-16(24-17(21-14)18-11-20-24)23-8-13(10-25)15(9-23)12-6-19-22(2)7-12/h5-7,11,13,15,25H,3-4,8-10H2,1-2H3/t13-,15-/m0/s1. The fourth-order valence-corrected chi connectivity index (χ4v) is 3.71. The summed E-state index contributed by atoms with van der Waals surface area (Å²) in [6.07, 6.45) is 7.43. The molecule has 132 valence electrons. The topological polar surface area (TPSA) is 84.4 Å². The summed E-state index contributed by atoms with van der Waals surface area (Å²) in [7, 11) is 1.92. The lowest BCUT2D eigenvalue weighted by atomic mass is 9.92. The number of aliphatic hydroxyl groups excluding tert-OH is 1. The van der Waals surface area contributed by atoms with Gasteiger partial charge in [0.2, 0.25) is 0 Å². The average molecular weight is 341 g/mol. The van der Waals surface area contributed by atoms with Crippen LogP contribution in [0.3, 0.4) is 0 Å². The first kappa shape index (κ1) is 16.0. The second kappa shape index (κ2) is 6.44. The predicted octanol–water partition coefficient (Wildman–Crippen LogP) is 1.02. The van der Waals surface area contributed by atoms with E-state index in [1.807, 2.05) is 24.1 Å². The monoisotopic (exact) mass is 341 g/mol. The van der Waals surface area contributed by atoms with Gasteiger partial charge in [-0.2, -0.15) is 19.7 Å². The van der Waals surface area contributed by atoms with Crippen LogP contribution in [0.4, 0.5) is 5.82 Å². The molecule has 8 heteroatoms. The minimum atomic E-state index is 0.156. The molecule has 4 rings (SSSR count). The number of rotatable bonds is 5. The highest BCUT2D eigenvalue weighted by molar-refractivity contribution is 5.49. The number of aliphatic hydroxyl groups is 1. The van der Waals surface area contributed by atoms with E-state index in [0.717, 1.165) is 37.4 Å². The van der Waals surface area contributed by atoms with Crippen LogP contribution in [0.1, 0.15) is 30.5 Å². The van der Waals surface area contributed by atoms with Gasteiger partial charge in [0.15, 0.2) is 0 Å². The van der Waals surface area contributed by atoms with Gasteiger partial charge in [0.05, 0.1) is 6.20 Å². The van der Waals surface area contributed by atoms with Gasteiger partial charge in [0, 0.05) is 56.5 Å². The molecule has 0 saturated carbocycles. The van der Waals surface area contributed by atoms with Crippen LogP contribution in [-0.4, -0.2) is 54.2 Å². The zero-order valence-electron chi connectivity index (χ0n) is 14.6. The molecule has 0 radical (unpaired) electrons. The summed E-state index contributed by atoms with van der Waals surface area (Å²) in [6, 6.07) is 2.10. The van der Waals surface area contributed by atoms with Crippen LogP contribution in [0.25, 0.3) is 5.78 Å². The second-order valence-electron chi connectivity index (χ2n) is 6.73. The third-order valence-electron chi connectivity index (χ3n) is 4.94. The fourth-order valence-electron chi connectivity index (χ4n) is 3.71. The Kier molecular flexibility index (Phi) is 4.12. The van der Waals surface area contributed by atoms with Gasteiger partial charge in [-0.3, -0.25) is 4.68 Å². The van der Waals surface area contributed by atoms with Gasteiger partial charge in [-0.05, 0) is 12.0 Å². The Hall–Kier alpha value is -2.48. The van der Waals surface area contributed by atoms with Gasteiger partial charge in [-0.15, -0.1) is 0 Å². The van der Waals surface area contributed by atoms with Crippen molar-refractivity contribution >= 4 is 11.6 Å². The lowest BCUT2D eigenvalue weighted by molar-refractivity contribution is 0.227. The molecule has 1 aliphatic heterocycles. The van der Waals surface area contributed by atoms with Crippen molar-refractivity contribution in [2.24, 2.45) is 13.0 Å². The van der Waals surface area contributed by atoms with Gasteiger partial charge < -0.3 is 10.0 Å². The number of hydrogen-bond acceptors (Lipinski definition) is 6. The van der Waals surface area contributed by atoms with Crippen LogP contribution < -0.4 is 4.90 Å². The number of nitrogens with zero attached hydrogens (tertiary/aromatic N) is 7. The van der Waals surface area contributed by atoms with Crippen molar-refractivity contribution in [1.29, 1.82) is 0 Å². The number of fused-ring (bicyclic) bond motifs is 1. The van der Waals surface area contributed by atoms with E-state index >= 15 is 0 Å². The third-order valence-corrected chi connectivity index (χ3v) is 4.94. The molecular weight excluding hydrogens is 318 g/mol. The van der Waals surface area contributed by atoms with Crippen LogP contribution in [0.15, 0.2) is 24.8 Å². The highest BCUT2D eigenvalue weighted by Crippen LogP contribution is 2.35. The highest BCUT2D eigenvalue weighted by atomic mass is 16.3. The summed E-state index contributed by atoms with van der Waals surface area (Å²) < 4.78 is 3.60. The molecule has 2 atom stereocenters. The first-order valence-electron chi connectivity index (χ1n) is 8.73. The molecule has 1 saturated heterocycles. The van der Waals surface area contributed by atoms with Gasteiger partial charge in [-0.1, -0.05) is 13.3 Å². The molecule has 0 bridgehead atoms. The maximum Gasteiger partial charge on any atom is 0.254 e. The van der Waals surface area contributed by atoms with Crippen LogP contribution in [0, 0.1) is 5.92 Å². The maximum absolute atomic E-state index is 9.88. The van der Waals surface area contributed by atoms with Crippen LogP contribution in [0.2, 0.25) is 0 Å². The first-order valence-corrected chi connectivity index (χ1v) is 8.73. The normalized spacial score (nSPS) is 20.7. The lowest BCUT2D eigenvalue weighted by Crippen LogP contribution is -2.24. The SMILES string of the molecule is CCCc1cc(N2C[C@@H](CO)[C@H](c3cnn(C)c3)C2)n2ncnc2n1. The van der Waals surface area contributed by atoms with Gasteiger partial charge in [0.1, 0.15) is 12.1 Å². The largest absolute Gasteiger partial charge is 0.396 e. The summed E-state index contributed by atoms with van der Waals surface area (Å²) in [5, 5.41) is 18.5. The van der Waals surface area contributed by atoms with Crippen molar-refractivity contribution in [2.45, 2.75) is 25.7 Å². The molecule has 0 aliphatic carbocycles. The molecule has 1 N–H and O–H groups in total. The van der Waals surface area contributed by atoms with Crippen molar-refractivity contribution in [3.05, 3.63) is 36.0 Å². The summed E-state index contributed by atoms with van der Waals surface area (Å²) in [4.78, 5) is 11.1. The molecule has 1 aliphatic rings. The summed E-state index contributed by atoms with van der Waals surface area (Å²) in [6.45, 7) is 3.90. The summed E-state index contributed by atoms with van der Waals surface area (Å²) in [5.41, 5.74) is 2.20. The van der Waals surface area contributed by atoms with Crippen LogP contribution in [-0.2, 0) is 13.5 Å². The Morgan fingerprint density at radius 3 is 2.88 bits per heavy atom. The zero-order chi connectivity index (χ0) is 17.4. The van der Waals surface area contributed by atoms with Crippen molar-refractivity contribution in [3.63, 3.8) is 0 Å². The van der Waals surface area contributed by atoms with E-state index in [1.54, 1.807) is 10.8 Å². The Morgan fingerprint density at radius 1 is 1.28 bits per heavy atom. The van der Waals surface area contributed by atoms with Crippen molar-refractivity contribution in [3.8, 4) is 0 Å². The van der Waals surface area contributed by atoms with Gasteiger partial charge in [0.25, 0.3) is 5.78 Å². The third kappa shape index (κ3) is 2.86. The smallest absolute Gasteiger partial charge is 0.254 e. The van der Waals surface area contributed by atoms with E-state index in [4.69, 9.17) is 0 Å². The molecule has 0 unspecified atom stereocenters. The minimum absolute atomic E-state index is 0.156. The van der Waals surface area contributed by atoms with Gasteiger partial charge >= 0.3 is 0 Å². The predicted molar refractivity (Wildman–Crippen MR) is 93.5 cm³/mol. The maximum atomic E-state index is 9.88. The zero-order valence-corrected chi connectivity index (χ0v) is 14.6. The van der Waals surface area contributed by atoms with Crippen molar-refractivity contribution < 1.29 is 5.11 Å². The molecule has 0 amide bonds. The van der Waals surface area contributed by atoms with E-state index in [9.17, 15) is 5.11 Å². The van der Waals surface area contributed by atoms with Gasteiger partial charge in [-0.25, -0.2) is 4.98 Å². The molecular formula is C17H23N7O. The number of aromatic nitrogens is 6. The van der Waals surface area contributed by atoms with E-state index in [2.05, 4.69) is 38.1 Å². The average Bonchev–Trinajstić information content (AvgIpc) is 3.32. The summed E-state index contributed by atoms with van der Waals surface area (Å²) >= 11 is 0. The number of anilines is 1. The molecule has 0 aromatic carbocycles. The van der Waals surface area contributed by atoms with Crippen molar-refractivity contribution in [1.82, 2.24) is 29.4 Å².